The van der Waals surface area contributed by atoms with Crippen LogP contribution < -0.4 is 4.90 Å². The van der Waals surface area contributed by atoms with Gasteiger partial charge in [0.1, 0.15) is 0 Å². The van der Waals surface area contributed by atoms with Gasteiger partial charge in [0.25, 0.3) is 0 Å². The van der Waals surface area contributed by atoms with Crippen LogP contribution in [0.5, 0.6) is 0 Å². The summed E-state index contributed by atoms with van der Waals surface area (Å²) in [7, 11) is 0. The summed E-state index contributed by atoms with van der Waals surface area (Å²) >= 11 is -0.752. The number of fused-ring (bicyclic) bond motifs is 3. The monoisotopic (exact) mass is 517 g/mol. The number of nitrogens with zero attached hydrogens (tertiary/aromatic N) is 1. The number of rotatable bonds is 2. The van der Waals surface area contributed by atoms with Crippen LogP contribution in [0.1, 0.15) is 35.4 Å². The van der Waals surface area contributed by atoms with Gasteiger partial charge in [-0.1, -0.05) is 0 Å². The van der Waals surface area contributed by atoms with E-state index in [1.807, 2.05) is 6.08 Å². The van der Waals surface area contributed by atoms with Gasteiger partial charge < -0.3 is 0 Å². The van der Waals surface area contributed by atoms with Crippen LogP contribution in [0.3, 0.4) is 0 Å². The first-order valence-electron chi connectivity index (χ1n) is 10.2. The Labute approximate surface area is 189 Å². The van der Waals surface area contributed by atoms with E-state index in [0.29, 0.717) is 16.7 Å². The number of anilines is 3. The molecule has 2 heterocycles. The molecule has 0 radical (unpaired) electrons. The normalized spacial score (nSPS) is 14.3. The van der Waals surface area contributed by atoms with Gasteiger partial charge in [0.05, 0.1) is 0 Å². The van der Waals surface area contributed by atoms with Crippen molar-refractivity contribution in [1.29, 1.82) is 0 Å². The van der Waals surface area contributed by atoms with Crippen molar-refractivity contribution in [3.63, 3.8) is 0 Å². The molecular formula is C27H17NO2Te. The quantitative estimate of drug-likeness (QED) is 0.175. The van der Waals surface area contributed by atoms with Crippen molar-refractivity contribution in [2.24, 2.45) is 0 Å². The Bertz CT molecular complexity index is 1330. The van der Waals surface area contributed by atoms with Gasteiger partial charge in [-0.2, -0.15) is 0 Å². The molecule has 3 nitrogen and oxygen atoms in total. The van der Waals surface area contributed by atoms with E-state index in [2.05, 4.69) is 65.6 Å². The third kappa shape index (κ3) is 2.95. The maximum absolute atomic E-state index is 12.8. The average Bonchev–Trinajstić information content (AvgIpc) is 3.36. The van der Waals surface area contributed by atoms with Gasteiger partial charge in [0.2, 0.25) is 0 Å². The van der Waals surface area contributed by atoms with E-state index in [1.54, 1.807) is 24.3 Å². The first-order valence-corrected chi connectivity index (χ1v) is 12.5. The van der Waals surface area contributed by atoms with Crippen molar-refractivity contribution in [3.8, 4) is 0 Å². The molecule has 2 aliphatic rings. The van der Waals surface area contributed by atoms with Gasteiger partial charge in [-0.05, 0) is 0 Å². The molecule has 0 saturated carbocycles. The standard InChI is InChI=1S/C27H17NO2Te/c29-26-20-9-3-4-10-21(20)27(30)22(26)16-19-13-14-25(31-19)28-23-11-5-1-7-17(23)15-18-8-2-6-12-24(18)28/h1-14,16H,15H2. The second kappa shape index (κ2) is 7.20. The second-order valence-electron chi connectivity index (χ2n) is 7.71. The number of allylic oxidation sites excluding steroid dienone is 1. The van der Waals surface area contributed by atoms with Gasteiger partial charge in [0.15, 0.2) is 0 Å². The molecule has 4 heteroatoms. The van der Waals surface area contributed by atoms with Crippen molar-refractivity contribution >= 4 is 53.2 Å². The van der Waals surface area contributed by atoms with Crippen LogP contribution in [0.25, 0.3) is 6.08 Å². The number of hydrogen-bond acceptors (Lipinski definition) is 3. The summed E-state index contributed by atoms with van der Waals surface area (Å²) < 4.78 is 2.37. The Balaban J connectivity index is 1.43. The van der Waals surface area contributed by atoms with E-state index < -0.39 is 20.4 Å². The van der Waals surface area contributed by atoms with E-state index in [0.717, 1.165) is 10.0 Å². The van der Waals surface area contributed by atoms with Gasteiger partial charge in [-0.3, -0.25) is 0 Å². The first kappa shape index (κ1) is 18.6. The number of benzene rings is 3. The van der Waals surface area contributed by atoms with Crippen LogP contribution in [-0.4, -0.2) is 32.0 Å². The maximum atomic E-state index is 12.8. The second-order valence-corrected chi connectivity index (χ2v) is 10.8. The fraction of sp³-hybridized carbons (Fsp3) is 0.0370. The Morgan fingerprint density at radius 3 is 1.84 bits per heavy atom. The number of hydrogen-bond donors (Lipinski definition) is 0. The first-order chi connectivity index (χ1) is 15.2. The molecule has 3 aromatic carbocycles. The number of Topliss-reactive ketones (excluding diaryl/α,β-unsaturated/α-hetero) is 2. The molecule has 0 fully saturated rings. The molecule has 0 amide bonds. The van der Waals surface area contributed by atoms with Crippen molar-refractivity contribution in [2.45, 2.75) is 6.42 Å². The van der Waals surface area contributed by atoms with Crippen LogP contribution >= 0.6 is 0 Å². The number of para-hydroxylation sites is 2. The molecule has 0 saturated heterocycles. The fourth-order valence-electron chi connectivity index (χ4n) is 4.42. The van der Waals surface area contributed by atoms with E-state index >= 15 is 0 Å². The minimum atomic E-state index is -0.752. The van der Waals surface area contributed by atoms with Crippen LogP contribution in [0.2, 0.25) is 0 Å². The average molecular weight is 515 g/mol. The third-order valence-electron chi connectivity index (χ3n) is 5.87. The van der Waals surface area contributed by atoms with Gasteiger partial charge >= 0.3 is 190 Å². The molecule has 0 atom stereocenters. The van der Waals surface area contributed by atoms with Crippen LogP contribution in [-0.2, 0) is 6.42 Å². The van der Waals surface area contributed by atoms with E-state index in [-0.39, 0.29) is 11.6 Å². The molecule has 0 bridgehead atoms. The topological polar surface area (TPSA) is 37.4 Å². The fourth-order valence-corrected chi connectivity index (χ4v) is 7.21. The Morgan fingerprint density at radius 2 is 1.23 bits per heavy atom. The molecule has 4 aromatic rings. The van der Waals surface area contributed by atoms with Gasteiger partial charge in [0, 0.05) is 0 Å². The molecule has 1 aliphatic carbocycles. The molecular weight excluding hydrogens is 498 g/mol. The van der Waals surface area contributed by atoms with E-state index in [4.69, 9.17) is 0 Å². The van der Waals surface area contributed by atoms with E-state index in [1.165, 1.54) is 26.2 Å². The zero-order valence-electron chi connectivity index (χ0n) is 16.5. The molecule has 0 spiro atoms. The van der Waals surface area contributed by atoms with Crippen molar-refractivity contribution < 1.29 is 9.59 Å². The van der Waals surface area contributed by atoms with E-state index in [9.17, 15) is 9.59 Å². The SMILES string of the molecule is O=C1C(=Cc2ccc(N3c4ccccc4Cc4ccccc43)[te]2)C(=O)c2ccccc21. The molecule has 31 heavy (non-hydrogen) atoms. The number of carbonyl (C=O) groups excluding carboxylic acids is 2. The van der Waals surface area contributed by atoms with Crippen LogP contribution in [0, 0.1) is 0 Å². The molecule has 1 aliphatic heterocycles. The van der Waals surface area contributed by atoms with Crippen molar-refractivity contribution in [1.82, 2.24) is 0 Å². The summed E-state index contributed by atoms with van der Waals surface area (Å²) in [6.07, 6.45) is 2.76. The van der Waals surface area contributed by atoms with Crippen LogP contribution in [0.15, 0.2) is 90.5 Å². The Morgan fingerprint density at radius 1 is 0.677 bits per heavy atom. The number of ketones is 2. The Hall–Kier alpha value is -3.19. The molecule has 0 N–H and O–H groups in total. The summed E-state index contributed by atoms with van der Waals surface area (Å²) in [6.45, 7) is 0. The van der Waals surface area contributed by atoms with Crippen LogP contribution in [0.4, 0.5) is 15.1 Å². The summed E-state index contributed by atoms with van der Waals surface area (Å²) in [5.74, 6) is -0.313. The number of carbonyl (C=O) groups is 2. The minimum absolute atomic E-state index is 0.156. The summed E-state index contributed by atoms with van der Waals surface area (Å²) in [5, 5.41) is 0. The zero-order valence-corrected chi connectivity index (χ0v) is 18.9. The zero-order chi connectivity index (χ0) is 20.9. The summed E-state index contributed by atoms with van der Waals surface area (Å²) in [4.78, 5) is 27.9. The predicted octanol–water partition coefficient (Wildman–Crippen LogP) is 5.58. The Kier molecular flexibility index (Phi) is 4.31. The molecule has 1 aromatic heterocycles. The molecule has 148 valence electrons. The third-order valence-corrected chi connectivity index (χ3v) is 8.77. The van der Waals surface area contributed by atoms with Gasteiger partial charge in [-0.15, -0.1) is 0 Å². The predicted molar refractivity (Wildman–Crippen MR) is 124 cm³/mol. The van der Waals surface area contributed by atoms with Crippen molar-refractivity contribution in [2.75, 3.05) is 4.90 Å². The molecule has 0 unspecified atom stereocenters. The summed E-state index contributed by atoms with van der Waals surface area (Å²) in [6, 6.07) is 28.4. The molecule has 6 rings (SSSR count). The summed E-state index contributed by atoms with van der Waals surface area (Å²) in [5.41, 5.74) is 6.41. The van der Waals surface area contributed by atoms with Crippen molar-refractivity contribution in [3.05, 3.63) is 116 Å². The van der Waals surface area contributed by atoms with Gasteiger partial charge in [-0.25, -0.2) is 0 Å².